The van der Waals surface area contributed by atoms with Crippen LogP contribution >= 0.6 is 11.3 Å². The van der Waals surface area contributed by atoms with Crippen molar-refractivity contribution >= 4 is 21.4 Å². The van der Waals surface area contributed by atoms with Gasteiger partial charge in [-0.2, -0.15) is 4.31 Å². The molecular weight excluding hydrogens is 308 g/mol. The van der Waals surface area contributed by atoms with Crippen molar-refractivity contribution in [3.63, 3.8) is 0 Å². The summed E-state index contributed by atoms with van der Waals surface area (Å²) < 4.78 is 32.6. The molecule has 1 aromatic heterocycles. The molecule has 0 aliphatic carbocycles. The van der Waals surface area contributed by atoms with Crippen LogP contribution in [0.25, 0.3) is 0 Å². The van der Waals surface area contributed by atoms with E-state index < -0.39 is 10.0 Å². The molecule has 0 saturated carbocycles. The SMILES string of the molecule is CCNCc1scc(C)c1S(=O)(=O)N1CCC(COC)C1. The summed E-state index contributed by atoms with van der Waals surface area (Å²) in [5.41, 5.74) is 0.850. The Kier molecular flexibility index (Phi) is 5.79. The first-order valence-corrected chi connectivity index (χ1v) is 9.59. The Bertz CT molecular complexity index is 569. The van der Waals surface area contributed by atoms with Crippen molar-refractivity contribution in [1.82, 2.24) is 9.62 Å². The molecule has 1 unspecified atom stereocenters. The summed E-state index contributed by atoms with van der Waals surface area (Å²) in [5, 5.41) is 5.15. The highest BCUT2D eigenvalue weighted by atomic mass is 32.2. The molecule has 2 heterocycles. The van der Waals surface area contributed by atoms with Gasteiger partial charge in [-0.05, 0) is 36.8 Å². The molecule has 0 radical (unpaired) electrons. The van der Waals surface area contributed by atoms with Crippen molar-refractivity contribution in [2.45, 2.75) is 31.7 Å². The molecule has 2 rings (SSSR count). The molecular formula is C14H24N2O3S2. The predicted octanol–water partition coefficient (Wildman–Crippen LogP) is 1.82. The topological polar surface area (TPSA) is 58.6 Å². The molecule has 0 amide bonds. The standard InChI is InChI=1S/C14H24N2O3S2/c1-4-15-7-13-14(11(2)10-20-13)21(17,18)16-6-5-12(8-16)9-19-3/h10,12,15H,4-9H2,1-3H3. The monoisotopic (exact) mass is 332 g/mol. The molecule has 1 saturated heterocycles. The fourth-order valence-electron chi connectivity index (χ4n) is 2.71. The molecule has 0 aromatic carbocycles. The highest BCUT2D eigenvalue weighted by Crippen LogP contribution is 2.32. The van der Waals surface area contributed by atoms with Crippen molar-refractivity contribution in [1.29, 1.82) is 0 Å². The van der Waals surface area contributed by atoms with Crippen LogP contribution in [0.15, 0.2) is 10.3 Å². The largest absolute Gasteiger partial charge is 0.384 e. The zero-order valence-electron chi connectivity index (χ0n) is 12.9. The number of sulfonamides is 1. The van der Waals surface area contributed by atoms with Gasteiger partial charge in [0.1, 0.15) is 4.90 Å². The predicted molar refractivity (Wildman–Crippen MR) is 85.2 cm³/mol. The van der Waals surface area contributed by atoms with Crippen LogP contribution in [0.3, 0.4) is 0 Å². The van der Waals surface area contributed by atoms with Gasteiger partial charge in [-0.1, -0.05) is 6.92 Å². The zero-order valence-corrected chi connectivity index (χ0v) is 14.5. The normalized spacial score (nSPS) is 20.2. The molecule has 1 fully saturated rings. The maximum atomic E-state index is 12.9. The Morgan fingerprint density at radius 1 is 1.52 bits per heavy atom. The van der Waals surface area contributed by atoms with E-state index in [4.69, 9.17) is 4.74 Å². The number of hydrogen-bond acceptors (Lipinski definition) is 5. The molecule has 1 N–H and O–H groups in total. The van der Waals surface area contributed by atoms with Gasteiger partial charge in [0.2, 0.25) is 10.0 Å². The van der Waals surface area contributed by atoms with Crippen LogP contribution < -0.4 is 5.32 Å². The maximum absolute atomic E-state index is 12.9. The summed E-state index contributed by atoms with van der Waals surface area (Å²) in [6.45, 7) is 7.11. The van der Waals surface area contributed by atoms with Crippen molar-refractivity contribution < 1.29 is 13.2 Å². The van der Waals surface area contributed by atoms with Gasteiger partial charge >= 0.3 is 0 Å². The molecule has 120 valence electrons. The fourth-order valence-corrected chi connectivity index (χ4v) is 5.97. The van der Waals surface area contributed by atoms with Gasteiger partial charge in [0.15, 0.2) is 0 Å². The van der Waals surface area contributed by atoms with Gasteiger partial charge in [-0.3, -0.25) is 0 Å². The van der Waals surface area contributed by atoms with Gasteiger partial charge in [0.05, 0.1) is 6.61 Å². The number of thiophene rings is 1. The third-order valence-electron chi connectivity index (χ3n) is 3.77. The van der Waals surface area contributed by atoms with E-state index in [-0.39, 0.29) is 0 Å². The maximum Gasteiger partial charge on any atom is 0.244 e. The summed E-state index contributed by atoms with van der Waals surface area (Å²) in [6, 6.07) is 0. The van der Waals surface area contributed by atoms with Crippen LogP contribution in [0.4, 0.5) is 0 Å². The van der Waals surface area contributed by atoms with Crippen molar-refractivity contribution in [3.8, 4) is 0 Å². The van der Waals surface area contributed by atoms with Gasteiger partial charge in [0.25, 0.3) is 0 Å². The van der Waals surface area contributed by atoms with E-state index in [0.717, 1.165) is 23.4 Å². The van der Waals surface area contributed by atoms with Crippen molar-refractivity contribution in [2.75, 3.05) is 33.4 Å². The van der Waals surface area contributed by atoms with Gasteiger partial charge < -0.3 is 10.1 Å². The zero-order chi connectivity index (χ0) is 15.5. The molecule has 7 heteroatoms. The lowest BCUT2D eigenvalue weighted by Crippen LogP contribution is -2.30. The van der Waals surface area contributed by atoms with E-state index in [1.54, 1.807) is 11.4 Å². The molecule has 21 heavy (non-hydrogen) atoms. The number of rotatable bonds is 7. The second-order valence-electron chi connectivity index (χ2n) is 5.42. The van der Waals surface area contributed by atoms with E-state index in [1.807, 2.05) is 19.2 Å². The van der Waals surface area contributed by atoms with Crippen LogP contribution in [0.1, 0.15) is 23.8 Å². The lowest BCUT2D eigenvalue weighted by atomic mass is 10.1. The Labute approximate surface area is 131 Å². The van der Waals surface area contributed by atoms with Crippen LogP contribution in [-0.4, -0.2) is 46.1 Å². The van der Waals surface area contributed by atoms with Crippen LogP contribution in [0.5, 0.6) is 0 Å². The van der Waals surface area contributed by atoms with Crippen molar-refractivity contribution in [2.24, 2.45) is 5.92 Å². The van der Waals surface area contributed by atoms with Crippen LogP contribution in [-0.2, 0) is 21.3 Å². The van der Waals surface area contributed by atoms with E-state index in [0.29, 0.717) is 37.1 Å². The molecule has 1 atom stereocenters. The Morgan fingerprint density at radius 3 is 2.95 bits per heavy atom. The third kappa shape index (κ3) is 3.65. The Balaban J connectivity index is 2.22. The molecule has 5 nitrogen and oxygen atoms in total. The summed E-state index contributed by atoms with van der Waals surface area (Å²) in [7, 11) is -1.73. The second kappa shape index (κ2) is 7.19. The van der Waals surface area contributed by atoms with Gasteiger partial charge in [-0.15, -0.1) is 11.3 Å². The van der Waals surface area contributed by atoms with E-state index in [2.05, 4.69) is 5.32 Å². The molecule has 0 spiro atoms. The number of methoxy groups -OCH3 is 1. The molecule has 1 aromatic rings. The van der Waals surface area contributed by atoms with Crippen LogP contribution in [0, 0.1) is 12.8 Å². The minimum absolute atomic E-state index is 0.306. The van der Waals surface area contributed by atoms with Gasteiger partial charge in [0, 0.05) is 31.6 Å². The van der Waals surface area contributed by atoms with E-state index in [9.17, 15) is 8.42 Å². The lowest BCUT2D eigenvalue weighted by molar-refractivity contribution is 0.157. The number of nitrogens with one attached hydrogen (secondary N) is 1. The lowest BCUT2D eigenvalue weighted by Gasteiger charge is -2.18. The summed E-state index contributed by atoms with van der Waals surface area (Å²) in [6.07, 6.45) is 0.874. The van der Waals surface area contributed by atoms with Crippen molar-refractivity contribution in [3.05, 3.63) is 15.8 Å². The summed E-state index contributed by atoms with van der Waals surface area (Å²) in [5.74, 6) is 0.306. The highest BCUT2D eigenvalue weighted by Gasteiger charge is 2.35. The summed E-state index contributed by atoms with van der Waals surface area (Å²) >= 11 is 1.52. The highest BCUT2D eigenvalue weighted by molar-refractivity contribution is 7.89. The second-order valence-corrected chi connectivity index (χ2v) is 8.26. The minimum Gasteiger partial charge on any atom is -0.384 e. The first-order chi connectivity index (χ1) is 10.0. The Morgan fingerprint density at radius 2 is 2.29 bits per heavy atom. The van der Waals surface area contributed by atoms with E-state index in [1.165, 1.54) is 11.3 Å². The number of nitrogens with zero attached hydrogens (tertiary/aromatic N) is 1. The first kappa shape index (κ1) is 16.9. The quantitative estimate of drug-likeness (QED) is 0.827. The first-order valence-electron chi connectivity index (χ1n) is 7.27. The van der Waals surface area contributed by atoms with Gasteiger partial charge in [-0.25, -0.2) is 8.42 Å². The van der Waals surface area contributed by atoms with E-state index >= 15 is 0 Å². The number of ether oxygens (including phenoxy) is 1. The molecule has 1 aliphatic rings. The van der Waals surface area contributed by atoms with Crippen LogP contribution in [0.2, 0.25) is 0 Å². The number of aryl methyl sites for hydroxylation is 1. The Hall–Kier alpha value is -0.470. The number of hydrogen-bond donors (Lipinski definition) is 1. The fraction of sp³-hybridized carbons (Fsp3) is 0.714. The molecule has 1 aliphatic heterocycles. The average Bonchev–Trinajstić information content (AvgIpc) is 3.04. The smallest absolute Gasteiger partial charge is 0.244 e. The minimum atomic E-state index is -3.39. The third-order valence-corrected chi connectivity index (χ3v) is 7.10. The average molecular weight is 332 g/mol. The summed E-state index contributed by atoms with van der Waals surface area (Å²) in [4.78, 5) is 1.41. The molecule has 0 bridgehead atoms.